The van der Waals surface area contributed by atoms with Crippen LogP contribution in [0.15, 0.2) is 17.0 Å². The second-order valence-corrected chi connectivity index (χ2v) is 6.72. The fourth-order valence-corrected chi connectivity index (χ4v) is 3.53. The lowest BCUT2D eigenvalue weighted by atomic mass is 10.2. The van der Waals surface area contributed by atoms with Crippen molar-refractivity contribution in [3.05, 3.63) is 27.7 Å². The average Bonchev–Trinajstić information content (AvgIpc) is 2.26. The molecule has 0 amide bonds. The maximum atomic E-state index is 12.3. The SMILES string of the molecule is CN(CC(F)(F)F)S(=O)(=O)c1ccc(Cl)c(CN)c1Cl. The van der Waals surface area contributed by atoms with Gasteiger partial charge in [-0.25, -0.2) is 8.42 Å². The standard InChI is InChI=1S/C10H11Cl2F3N2O2S/c1-17(5-10(13,14)15)20(18,19)8-3-2-7(11)6(4-16)9(8)12/h2-3H,4-5,16H2,1H3. The molecule has 0 unspecified atom stereocenters. The van der Waals surface area contributed by atoms with E-state index in [9.17, 15) is 21.6 Å². The molecular weight excluding hydrogens is 340 g/mol. The highest BCUT2D eigenvalue weighted by atomic mass is 35.5. The Morgan fingerprint density at radius 2 is 1.85 bits per heavy atom. The number of nitrogens with two attached hydrogens (primary N) is 1. The molecular formula is C10H11Cl2F3N2O2S. The Kier molecular flexibility index (Phi) is 5.31. The fourth-order valence-electron chi connectivity index (χ4n) is 1.47. The minimum absolute atomic E-state index is 0.135. The number of benzene rings is 1. The largest absolute Gasteiger partial charge is 0.402 e. The normalized spacial score (nSPS) is 13.0. The van der Waals surface area contributed by atoms with Crippen LogP contribution in [-0.2, 0) is 16.6 Å². The van der Waals surface area contributed by atoms with Crippen molar-refractivity contribution in [1.29, 1.82) is 0 Å². The van der Waals surface area contributed by atoms with Gasteiger partial charge in [-0.2, -0.15) is 17.5 Å². The summed E-state index contributed by atoms with van der Waals surface area (Å²) in [4.78, 5) is -0.462. The summed E-state index contributed by atoms with van der Waals surface area (Å²) in [5.41, 5.74) is 5.55. The molecule has 4 nitrogen and oxygen atoms in total. The average molecular weight is 351 g/mol. The van der Waals surface area contributed by atoms with E-state index in [4.69, 9.17) is 28.9 Å². The van der Waals surface area contributed by atoms with E-state index in [1.54, 1.807) is 0 Å². The van der Waals surface area contributed by atoms with Gasteiger partial charge < -0.3 is 5.73 Å². The lowest BCUT2D eigenvalue weighted by Gasteiger charge is -2.20. The Bertz CT molecular complexity index is 605. The first-order chi connectivity index (χ1) is 9.00. The molecule has 10 heteroatoms. The van der Waals surface area contributed by atoms with E-state index in [-0.39, 0.29) is 26.5 Å². The number of halogens is 5. The molecule has 0 heterocycles. The zero-order valence-electron chi connectivity index (χ0n) is 10.2. The summed E-state index contributed by atoms with van der Waals surface area (Å²) >= 11 is 11.6. The van der Waals surface area contributed by atoms with E-state index in [1.165, 1.54) is 6.07 Å². The van der Waals surface area contributed by atoms with Gasteiger partial charge in [0.15, 0.2) is 0 Å². The summed E-state index contributed by atoms with van der Waals surface area (Å²) < 4.78 is 61.2. The van der Waals surface area contributed by atoms with Gasteiger partial charge in [-0.3, -0.25) is 0 Å². The quantitative estimate of drug-likeness (QED) is 0.907. The minimum atomic E-state index is -4.66. The molecule has 0 atom stereocenters. The zero-order valence-corrected chi connectivity index (χ0v) is 12.5. The van der Waals surface area contributed by atoms with Gasteiger partial charge in [0.05, 0.1) is 5.02 Å². The van der Waals surface area contributed by atoms with Crippen LogP contribution in [0, 0.1) is 0 Å². The molecule has 0 aliphatic rings. The number of hydrogen-bond acceptors (Lipinski definition) is 3. The van der Waals surface area contributed by atoms with E-state index in [0.29, 0.717) is 0 Å². The lowest BCUT2D eigenvalue weighted by molar-refractivity contribution is -0.134. The van der Waals surface area contributed by atoms with Crippen LogP contribution >= 0.6 is 23.2 Å². The molecule has 0 saturated heterocycles. The smallest absolute Gasteiger partial charge is 0.326 e. The number of sulfonamides is 1. The lowest BCUT2D eigenvalue weighted by Crippen LogP contribution is -2.36. The summed E-state index contributed by atoms with van der Waals surface area (Å²) in [5, 5.41) is -0.121. The van der Waals surface area contributed by atoms with Gasteiger partial charge >= 0.3 is 6.18 Å². The fraction of sp³-hybridized carbons (Fsp3) is 0.400. The monoisotopic (exact) mass is 350 g/mol. The third-order valence-electron chi connectivity index (χ3n) is 2.44. The zero-order chi connectivity index (χ0) is 15.7. The van der Waals surface area contributed by atoms with Crippen molar-refractivity contribution < 1.29 is 21.6 Å². The molecule has 1 aromatic rings. The van der Waals surface area contributed by atoms with Crippen molar-refractivity contribution in [2.75, 3.05) is 13.6 Å². The molecule has 1 aromatic carbocycles. The van der Waals surface area contributed by atoms with Crippen LogP contribution in [0.25, 0.3) is 0 Å². The third-order valence-corrected chi connectivity index (χ3v) is 5.19. The number of hydrogen-bond donors (Lipinski definition) is 1. The second-order valence-electron chi connectivity index (χ2n) is 3.92. The van der Waals surface area contributed by atoms with Crippen molar-refractivity contribution in [3.63, 3.8) is 0 Å². The number of nitrogens with zero attached hydrogens (tertiary/aromatic N) is 1. The molecule has 114 valence electrons. The van der Waals surface area contributed by atoms with Gasteiger partial charge in [0.1, 0.15) is 11.4 Å². The van der Waals surface area contributed by atoms with Gasteiger partial charge in [-0.15, -0.1) is 0 Å². The third kappa shape index (κ3) is 3.76. The topological polar surface area (TPSA) is 63.4 Å². The van der Waals surface area contributed by atoms with Crippen LogP contribution in [0.3, 0.4) is 0 Å². The van der Waals surface area contributed by atoms with Gasteiger partial charge in [0, 0.05) is 24.2 Å². The highest BCUT2D eigenvalue weighted by Gasteiger charge is 2.36. The van der Waals surface area contributed by atoms with Crippen molar-refractivity contribution in [2.24, 2.45) is 5.73 Å². The molecule has 0 bridgehead atoms. The van der Waals surface area contributed by atoms with E-state index < -0.39 is 27.6 Å². The summed E-state index contributed by atoms with van der Waals surface area (Å²) in [6.07, 6.45) is -4.66. The molecule has 1 rings (SSSR count). The molecule has 20 heavy (non-hydrogen) atoms. The maximum Gasteiger partial charge on any atom is 0.402 e. The Labute approximate surface area is 124 Å². The molecule has 0 saturated carbocycles. The first-order valence-electron chi connectivity index (χ1n) is 5.20. The predicted molar refractivity (Wildman–Crippen MR) is 70.2 cm³/mol. The Balaban J connectivity index is 3.30. The van der Waals surface area contributed by atoms with Gasteiger partial charge in [0.25, 0.3) is 0 Å². The molecule has 2 N–H and O–H groups in total. The molecule has 0 aromatic heterocycles. The summed E-state index contributed by atoms with van der Waals surface area (Å²) in [7, 11) is -3.57. The van der Waals surface area contributed by atoms with Gasteiger partial charge in [-0.05, 0) is 12.1 Å². The van der Waals surface area contributed by atoms with Crippen LogP contribution in [0.4, 0.5) is 13.2 Å². The van der Waals surface area contributed by atoms with Crippen molar-refractivity contribution in [2.45, 2.75) is 17.6 Å². The Morgan fingerprint density at radius 3 is 2.30 bits per heavy atom. The number of rotatable bonds is 4. The maximum absolute atomic E-state index is 12.3. The Morgan fingerprint density at radius 1 is 1.30 bits per heavy atom. The van der Waals surface area contributed by atoms with Crippen molar-refractivity contribution in [1.82, 2.24) is 4.31 Å². The highest BCUT2D eigenvalue weighted by Crippen LogP contribution is 2.32. The highest BCUT2D eigenvalue weighted by molar-refractivity contribution is 7.89. The molecule has 0 aliphatic carbocycles. The van der Waals surface area contributed by atoms with Crippen LogP contribution in [0.1, 0.15) is 5.56 Å². The van der Waals surface area contributed by atoms with E-state index in [2.05, 4.69) is 0 Å². The van der Waals surface area contributed by atoms with Crippen LogP contribution < -0.4 is 5.73 Å². The van der Waals surface area contributed by atoms with Crippen LogP contribution in [0.5, 0.6) is 0 Å². The van der Waals surface area contributed by atoms with Crippen molar-refractivity contribution >= 4 is 33.2 Å². The van der Waals surface area contributed by atoms with Crippen LogP contribution in [-0.4, -0.2) is 32.5 Å². The summed E-state index contributed by atoms with van der Waals surface area (Å²) in [6, 6.07) is 2.27. The Hall–Kier alpha value is -0.540. The van der Waals surface area contributed by atoms with E-state index in [1.807, 2.05) is 0 Å². The van der Waals surface area contributed by atoms with E-state index in [0.717, 1.165) is 13.1 Å². The molecule has 0 radical (unpaired) electrons. The first kappa shape index (κ1) is 17.5. The van der Waals surface area contributed by atoms with Gasteiger partial charge in [0.2, 0.25) is 10.0 Å². The second kappa shape index (κ2) is 6.07. The summed E-state index contributed by atoms with van der Waals surface area (Å²) in [6.45, 7) is -1.75. The van der Waals surface area contributed by atoms with Crippen molar-refractivity contribution in [3.8, 4) is 0 Å². The molecule has 0 aliphatic heterocycles. The molecule has 0 spiro atoms. The summed E-state index contributed by atoms with van der Waals surface area (Å²) in [5.74, 6) is 0. The first-order valence-corrected chi connectivity index (χ1v) is 7.40. The predicted octanol–water partition coefficient (Wildman–Crippen LogP) is 2.63. The van der Waals surface area contributed by atoms with E-state index >= 15 is 0 Å². The van der Waals surface area contributed by atoms with Crippen LogP contribution in [0.2, 0.25) is 10.0 Å². The number of alkyl halides is 3. The van der Waals surface area contributed by atoms with Gasteiger partial charge in [-0.1, -0.05) is 23.2 Å². The molecule has 0 fully saturated rings. The minimum Gasteiger partial charge on any atom is -0.326 e.